The monoisotopic (exact) mass is 406 g/mol. The third-order valence-electron chi connectivity index (χ3n) is 5.35. The zero-order valence-corrected chi connectivity index (χ0v) is 17.5. The van der Waals surface area contributed by atoms with Crippen molar-refractivity contribution in [2.45, 2.75) is 57.4 Å². The number of nitrogens with zero attached hydrogens (tertiary/aromatic N) is 2. The van der Waals surface area contributed by atoms with E-state index in [1.807, 2.05) is 12.1 Å². The molecule has 1 aromatic heterocycles. The van der Waals surface area contributed by atoms with E-state index in [-0.39, 0.29) is 29.2 Å². The predicted molar refractivity (Wildman–Crippen MR) is 113 cm³/mol. The molecule has 7 heteroatoms. The Labute approximate surface area is 176 Å². The molecule has 0 atom stereocenters. The van der Waals surface area contributed by atoms with Crippen LogP contribution in [-0.4, -0.2) is 27.4 Å². The van der Waals surface area contributed by atoms with Crippen LogP contribution >= 0.6 is 0 Å². The first-order valence-electron chi connectivity index (χ1n) is 9.94. The Morgan fingerprint density at radius 2 is 1.97 bits per heavy atom. The van der Waals surface area contributed by atoms with Crippen LogP contribution in [0.2, 0.25) is 0 Å². The van der Waals surface area contributed by atoms with Gasteiger partial charge in [-0.3, -0.25) is 14.6 Å². The molecule has 1 saturated carbocycles. The van der Waals surface area contributed by atoms with Gasteiger partial charge in [-0.1, -0.05) is 32.9 Å². The summed E-state index contributed by atoms with van der Waals surface area (Å²) in [5, 5.41) is 24.9. The van der Waals surface area contributed by atoms with Gasteiger partial charge in [0.05, 0.1) is 12.5 Å². The quantitative estimate of drug-likeness (QED) is 0.703. The zero-order valence-electron chi connectivity index (χ0n) is 17.5. The third-order valence-corrected chi connectivity index (χ3v) is 5.35. The number of anilines is 1. The number of aromatic nitrogens is 1. The normalized spacial score (nSPS) is 14.9. The van der Waals surface area contributed by atoms with E-state index in [1.165, 1.54) is 12.3 Å². The number of nitrogens with one attached hydrogen (secondary N) is 2. The average Bonchev–Trinajstić information content (AvgIpc) is 2.65. The van der Waals surface area contributed by atoms with E-state index in [0.717, 1.165) is 12.0 Å². The van der Waals surface area contributed by atoms with E-state index >= 15 is 0 Å². The van der Waals surface area contributed by atoms with Crippen molar-refractivity contribution in [3.8, 4) is 11.8 Å². The fraction of sp³-hybridized carbons (Fsp3) is 0.391. The molecule has 2 amide bonds. The molecule has 3 N–H and O–H groups in total. The van der Waals surface area contributed by atoms with Crippen LogP contribution in [-0.2, 0) is 16.6 Å². The number of rotatable bonds is 5. The Kier molecular flexibility index (Phi) is 5.79. The Hall–Kier alpha value is -3.40. The Balaban J connectivity index is 1.69. The Morgan fingerprint density at radius 3 is 2.57 bits per heavy atom. The number of carbonyl (C=O) groups is 2. The summed E-state index contributed by atoms with van der Waals surface area (Å²) in [6.07, 6.45) is 3.59. The number of pyridine rings is 1. The number of phenols is 1. The summed E-state index contributed by atoms with van der Waals surface area (Å²) < 4.78 is 0. The van der Waals surface area contributed by atoms with E-state index < -0.39 is 11.4 Å². The van der Waals surface area contributed by atoms with Crippen molar-refractivity contribution in [3.05, 3.63) is 53.3 Å². The summed E-state index contributed by atoms with van der Waals surface area (Å²) in [6, 6.07) is 10.5. The van der Waals surface area contributed by atoms with Crippen molar-refractivity contribution in [1.29, 1.82) is 5.26 Å². The lowest BCUT2D eigenvalue weighted by Gasteiger charge is -2.35. The molecule has 0 unspecified atom stereocenters. The molecule has 3 rings (SSSR count). The van der Waals surface area contributed by atoms with Gasteiger partial charge in [-0.2, -0.15) is 5.26 Å². The molecule has 1 heterocycles. The summed E-state index contributed by atoms with van der Waals surface area (Å²) in [4.78, 5) is 29.0. The van der Waals surface area contributed by atoms with Crippen LogP contribution < -0.4 is 10.6 Å². The highest BCUT2D eigenvalue weighted by atomic mass is 16.3. The molecule has 0 bridgehead atoms. The standard InChI is InChI=1S/C23H26N4O3/c1-22(2,3)16-5-6-19(28)15(11-16)12-20(29)26-17-7-10-25-18(13-17)21(30)27-23(14-24)8-4-9-23/h5-7,10-11,13,28H,4,8-9,12H2,1-3H3,(H,27,30)(H,25,26,29). The van der Waals surface area contributed by atoms with Gasteiger partial charge in [-0.15, -0.1) is 0 Å². The van der Waals surface area contributed by atoms with Gasteiger partial charge < -0.3 is 15.7 Å². The molecule has 1 aliphatic carbocycles. The van der Waals surface area contributed by atoms with Crippen LogP contribution in [0, 0.1) is 11.3 Å². The highest BCUT2D eigenvalue weighted by molar-refractivity contribution is 5.96. The van der Waals surface area contributed by atoms with Gasteiger partial charge >= 0.3 is 0 Å². The fourth-order valence-corrected chi connectivity index (χ4v) is 3.28. The smallest absolute Gasteiger partial charge is 0.271 e. The highest BCUT2D eigenvalue weighted by Crippen LogP contribution is 2.31. The molecule has 1 fully saturated rings. The summed E-state index contributed by atoms with van der Waals surface area (Å²) in [6.45, 7) is 6.19. The van der Waals surface area contributed by atoms with E-state index in [9.17, 15) is 20.0 Å². The van der Waals surface area contributed by atoms with E-state index in [2.05, 4.69) is 42.5 Å². The van der Waals surface area contributed by atoms with Crippen molar-refractivity contribution in [2.75, 3.05) is 5.32 Å². The van der Waals surface area contributed by atoms with Crippen molar-refractivity contribution in [3.63, 3.8) is 0 Å². The van der Waals surface area contributed by atoms with Crippen molar-refractivity contribution in [1.82, 2.24) is 10.3 Å². The van der Waals surface area contributed by atoms with Gasteiger partial charge in [-0.25, -0.2) is 0 Å². The van der Waals surface area contributed by atoms with Crippen LogP contribution in [0.4, 0.5) is 5.69 Å². The molecule has 30 heavy (non-hydrogen) atoms. The van der Waals surface area contributed by atoms with Gasteiger partial charge in [0.1, 0.15) is 17.0 Å². The van der Waals surface area contributed by atoms with Crippen molar-refractivity contribution in [2.24, 2.45) is 0 Å². The number of hydrogen-bond acceptors (Lipinski definition) is 5. The second-order valence-corrected chi connectivity index (χ2v) is 8.75. The zero-order chi connectivity index (χ0) is 21.9. The summed E-state index contributed by atoms with van der Waals surface area (Å²) >= 11 is 0. The maximum atomic E-state index is 12.5. The lowest BCUT2D eigenvalue weighted by molar-refractivity contribution is -0.115. The van der Waals surface area contributed by atoms with Crippen LogP contribution in [0.25, 0.3) is 0 Å². The number of aromatic hydroxyl groups is 1. The summed E-state index contributed by atoms with van der Waals surface area (Å²) in [7, 11) is 0. The largest absolute Gasteiger partial charge is 0.508 e. The minimum atomic E-state index is -0.812. The molecule has 7 nitrogen and oxygen atoms in total. The van der Waals surface area contributed by atoms with E-state index in [0.29, 0.717) is 24.1 Å². The number of benzene rings is 1. The predicted octanol–water partition coefficient (Wildman–Crippen LogP) is 3.44. The first kappa shape index (κ1) is 21.3. The second-order valence-electron chi connectivity index (χ2n) is 8.75. The first-order valence-corrected chi connectivity index (χ1v) is 9.94. The molecule has 156 valence electrons. The Morgan fingerprint density at radius 1 is 1.23 bits per heavy atom. The van der Waals surface area contributed by atoms with Crippen LogP contribution in [0.5, 0.6) is 5.75 Å². The second kappa shape index (κ2) is 8.15. The SMILES string of the molecule is CC(C)(C)c1ccc(O)c(CC(=O)Nc2ccnc(C(=O)NC3(C#N)CCC3)c2)c1. The number of carbonyl (C=O) groups excluding carboxylic acids is 2. The minimum Gasteiger partial charge on any atom is -0.508 e. The molecule has 0 saturated heterocycles. The molecule has 2 aromatic rings. The van der Waals surface area contributed by atoms with Crippen LogP contribution in [0.1, 0.15) is 61.6 Å². The topological polar surface area (TPSA) is 115 Å². The van der Waals surface area contributed by atoms with Gasteiger partial charge in [0, 0.05) is 17.4 Å². The number of phenolic OH excluding ortho intramolecular Hbond substituents is 1. The van der Waals surface area contributed by atoms with Gasteiger partial charge in [0.2, 0.25) is 5.91 Å². The molecule has 0 radical (unpaired) electrons. The lowest BCUT2D eigenvalue weighted by atomic mass is 9.78. The number of hydrogen-bond donors (Lipinski definition) is 3. The van der Waals surface area contributed by atoms with Crippen LogP contribution in [0.3, 0.4) is 0 Å². The molecular weight excluding hydrogens is 380 g/mol. The first-order chi connectivity index (χ1) is 14.1. The Bertz CT molecular complexity index is 1010. The fourth-order valence-electron chi connectivity index (χ4n) is 3.28. The minimum absolute atomic E-state index is 0.00283. The van der Waals surface area contributed by atoms with E-state index in [4.69, 9.17) is 0 Å². The lowest BCUT2D eigenvalue weighted by Crippen LogP contribution is -2.52. The van der Waals surface area contributed by atoms with Gasteiger partial charge in [0.25, 0.3) is 5.91 Å². The van der Waals surface area contributed by atoms with Crippen molar-refractivity contribution < 1.29 is 14.7 Å². The summed E-state index contributed by atoms with van der Waals surface area (Å²) in [5.74, 6) is -0.695. The average molecular weight is 406 g/mol. The maximum Gasteiger partial charge on any atom is 0.271 e. The van der Waals surface area contributed by atoms with Crippen LogP contribution in [0.15, 0.2) is 36.5 Å². The molecule has 1 aromatic carbocycles. The maximum absolute atomic E-state index is 12.5. The van der Waals surface area contributed by atoms with Crippen molar-refractivity contribution >= 4 is 17.5 Å². The molecule has 0 aliphatic heterocycles. The highest BCUT2D eigenvalue weighted by Gasteiger charge is 2.39. The molecule has 1 aliphatic rings. The van der Waals surface area contributed by atoms with E-state index in [1.54, 1.807) is 12.1 Å². The third kappa shape index (κ3) is 4.77. The summed E-state index contributed by atoms with van der Waals surface area (Å²) in [5.41, 5.74) is 1.20. The van der Waals surface area contributed by atoms with Gasteiger partial charge in [0.15, 0.2) is 0 Å². The number of amides is 2. The molecular formula is C23H26N4O3. The van der Waals surface area contributed by atoms with Gasteiger partial charge in [-0.05, 0) is 48.4 Å². The number of nitriles is 1. The molecule has 0 spiro atoms.